The molecule has 1 aromatic heterocycles. The highest BCUT2D eigenvalue weighted by atomic mass is 16.1. The first-order chi connectivity index (χ1) is 9.22. The molecular weight excluding hydrogens is 240 g/mol. The molecule has 2 N–H and O–H groups in total. The average molecular weight is 258 g/mol. The van der Waals surface area contributed by atoms with Gasteiger partial charge in [0.2, 0.25) is 5.91 Å². The zero-order valence-corrected chi connectivity index (χ0v) is 11.2. The number of para-hydroxylation sites is 1. The van der Waals surface area contributed by atoms with E-state index in [-0.39, 0.29) is 5.91 Å². The van der Waals surface area contributed by atoms with Crippen molar-refractivity contribution in [2.24, 2.45) is 0 Å². The first kappa shape index (κ1) is 13.3. The number of carbonyl (C=O) groups is 1. The quantitative estimate of drug-likeness (QED) is 0.841. The van der Waals surface area contributed by atoms with Crippen molar-refractivity contribution in [3.05, 3.63) is 48.0 Å². The summed E-state index contributed by atoms with van der Waals surface area (Å²) < 4.78 is 2.08. The molecule has 0 atom stereocenters. The molecule has 100 valence electrons. The van der Waals surface area contributed by atoms with Gasteiger partial charge in [-0.05, 0) is 19.1 Å². The topological polar surface area (TPSA) is 59.0 Å². The second kappa shape index (κ2) is 6.15. The summed E-state index contributed by atoms with van der Waals surface area (Å²) in [5.74, 6) is 0.908. The van der Waals surface area contributed by atoms with Gasteiger partial charge in [-0.2, -0.15) is 0 Å². The van der Waals surface area contributed by atoms with Crippen molar-refractivity contribution in [1.29, 1.82) is 0 Å². The number of nitrogens with one attached hydrogen (secondary N) is 2. The Morgan fingerprint density at radius 2 is 2.05 bits per heavy atom. The molecule has 0 radical (unpaired) electrons. The number of hydrogen-bond acceptors (Lipinski definition) is 3. The maximum absolute atomic E-state index is 11.2. The Balaban J connectivity index is 2.12. The van der Waals surface area contributed by atoms with E-state index in [1.807, 2.05) is 43.5 Å². The van der Waals surface area contributed by atoms with Gasteiger partial charge in [-0.1, -0.05) is 18.2 Å². The summed E-state index contributed by atoms with van der Waals surface area (Å²) >= 11 is 0. The highest BCUT2D eigenvalue weighted by Crippen LogP contribution is 2.13. The van der Waals surface area contributed by atoms with Crippen LogP contribution >= 0.6 is 0 Å². The van der Waals surface area contributed by atoms with E-state index in [4.69, 9.17) is 0 Å². The van der Waals surface area contributed by atoms with Crippen LogP contribution in [0.15, 0.2) is 36.5 Å². The van der Waals surface area contributed by atoms with Crippen molar-refractivity contribution in [2.45, 2.75) is 13.5 Å². The third-order valence-electron chi connectivity index (χ3n) is 2.90. The fourth-order valence-corrected chi connectivity index (χ4v) is 1.94. The largest absolute Gasteiger partial charge is 0.358 e. The first-order valence-electron chi connectivity index (χ1n) is 6.22. The maximum Gasteiger partial charge on any atom is 0.233 e. The number of aromatic nitrogens is 2. The number of nitrogens with zero attached hydrogens (tertiary/aromatic N) is 2. The molecule has 5 heteroatoms. The number of imidazole rings is 1. The van der Waals surface area contributed by atoms with Crippen molar-refractivity contribution in [1.82, 2.24) is 20.2 Å². The smallest absolute Gasteiger partial charge is 0.233 e. The van der Waals surface area contributed by atoms with Crippen LogP contribution in [0.3, 0.4) is 0 Å². The highest BCUT2D eigenvalue weighted by Gasteiger charge is 2.08. The SMILES string of the molecule is CNC(=O)CNCc1cnc(C)n1-c1ccccc1. The average Bonchev–Trinajstić information content (AvgIpc) is 2.80. The zero-order valence-electron chi connectivity index (χ0n) is 11.2. The number of benzene rings is 1. The number of aryl methyl sites for hydroxylation is 1. The predicted octanol–water partition coefficient (Wildman–Crippen LogP) is 1.02. The number of likely N-dealkylation sites (N-methyl/N-ethyl adjacent to an activating group) is 1. The van der Waals surface area contributed by atoms with Crippen molar-refractivity contribution < 1.29 is 4.79 Å². The molecule has 19 heavy (non-hydrogen) atoms. The minimum atomic E-state index is -0.0255. The molecule has 5 nitrogen and oxygen atoms in total. The standard InChI is InChI=1S/C14H18N4O/c1-11-17-9-13(8-16-10-14(19)15-2)18(11)12-6-4-3-5-7-12/h3-7,9,16H,8,10H2,1-2H3,(H,15,19). The molecule has 0 bridgehead atoms. The Morgan fingerprint density at radius 3 is 2.74 bits per heavy atom. The van der Waals surface area contributed by atoms with Gasteiger partial charge in [0.1, 0.15) is 5.82 Å². The van der Waals surface area contributed by atoms with Gasteiger partial charge in [-0.25, -0.2) is 4.98 Å². The lowest BCUT2D eigenvalue weighted by atomic mass is 10.3. The lowest BCUT2D eigenvalue weighted by molar-refractivity contribution is -0.119. The van der Waals surface area contributed by atoms with Crippen LogP contribution in [0, 0.1) is 6.92 Å². The van der Waals surface area contributed by atoms with Gasteiger partial charge in [0.05, 0.1) is 18.4 Å². The van der Waals surface area contributed by atoms with Crippen LogP contribution in [0.2, 0.25) is 0 Å². The van der Waals surface area contributed by atoms with Gasteiger partial charge in [0.25, 0.3) is 0 Å². The third-order valence-corrected chi connectivity index (χ3v) is 2.90. The second-order valence-electron chi connectivity index (χ2n) is 4.24. The van der Waals surface area contributed by atoms with E-state index in [0.29, 0.717) is 13.1 Å². The summed E-state index contributed by atoms with van der Waals surface area (Å²) in [5.41, 5.74) is 2.11. The molecule has 2 rings (SSSR count). The van der Waals surface area contributed by atoms with Gasteiger partial charge in [-0.3, -0.25) is 9.36 Å². The van der Waals surface area contributed by atoms with Crippen LogP contribution in [0.4, 0.5) is 0 Å². The molecule has 0 saturated carbocycles. The van der Waals surface area contributed by atoms with E-state index in [1.165, 1.54) is 0 Å². The van der Waals surface area contributed by atoms with Gasteiger partial charge in [0.15, 0.2) is 0 Å². The fraction of sp³-hybridized carbons (Fsp3) is 0.286. The minimum absolute atomic E-state index is 0.0255. The summed E-state index contributed by atoms with van der Waals surface area (Å²) in [6, 6.07) is 10.1. The van der Waals surface area contributed by atoms with Crippen molar-refractivity contribution in [3.63, 3.8) is 0 Å². The monoisotopic (exact) mass is 258 g/mol. The van der Waals surface area contributed by atoms with Crippen LogP contribution in [0.1, 0.15) is 11.5 Å². The van der Waals surface area contributed by atoms with Gasteiger partial charge >= 0.3 is 0 Å². The van der Waals surface area contributed by atoms with E-state index in [2.05, 4.69) is 20.2 Å². The Bertz CT molecular complexity index is 548. The van der Waals surface area contributed by atoms with Crippen LogP contribution in [0.5, 0.6) is 0 Å². The molecule has 0 unspecified atom stereocenters. The second-order valence-corrected chi connectivity index (χ2v) is 4.24. The van der Waals surface area contributed by atoms with E-state index in [1.54, 1.807) is 7.05 Å². The molecule has 1 aromatic carbocycles. The lowest BCUT2D eigenvalue weighted by Crippen LogP contribution is -2.31. The molecule has 0 aliphatic carbocycles. The van der Waals surface area contributed by atoms with Crippen molar-refractivity contribution in [2.75, 3.05) is 13.6 Å². The normalized spacial score (nSPS) is 10.4. The minimum Gasteiger partial charge on any atom is -0.358 e. The van der Waals surface area contributed by atoms with Crippen LogP contribution in [0.25, 0.3) is 5.69 Å². The lowest BCUT2D eigenvalue weighted by Gasteiger charge is -2.10. The Hall–Kier alpha value is -2.14. The number of carbonyl (C=O) groups excluding carboxylic acids is 1. The zero-order chi connectivity index (χ0) is 13.7. The Kier molecular flexibility index (Phi) is 4.30. The Morgan fingerprint density at radius 1 is 1.32 bits per heavy atom. The predicted molar refractivity (Wildman–Crippen MR) is 74.1 cm³/mol. The van der Waals surface area contributed by atoms with Crippen LogP contribution in [-0.4, -0.2) is 29.1 Å². The maximum atomic E-state index is 11.2. The van der Waals surface area contributed by atoms with Gasteiger partial charge in [0, 0.05) is 19.3 Å². The molecule has 0 fully saturated rings. The van der Waals surface area contributed by atoms with Crippen LogP contribution < -0.4 is 10.6 Å². The summed E-state index contributed by atoms with van der Waals surface area (Å²) in [4.78, 5) is 15.5. The summed E-state index contributed by atoms with van der Waals surface area (Å²) in [6.07, 6.45) is 1.83. The molecule has 1 heterocycles. The molecule has 0 aliphatic heterocycles. The fourth-order valence-electron chi connectivity index (χ4n) is 1.94. The molecule has 2 aromatic rings. The number of rotatable bonds is 5. The molecule has 1 amide bonds. The van der Waals surface area contributed by atoms with Crippen molar-refractivity contribution in [3.8, 4) is 5.69 Å². The molecule has 0 saturated heterocycles. The van der Waals surface area contributed by atoms with E-state index >= 15 is 0 Å². The van der Waals surface area contributed by atoms with Gasteiger partial charge < -0.3 is 10.6 Å². The number of hydrogen-bond donors (Lipinski definition) is 2. The Labute approximate surface area is 112 Å². The summed E-state index contributed by atoms with van der Waals surface area (Å²) in [6.45, 7) is 2.87. The van der Waals surface area contributed by atoms with Crippen LogP contribution in [-0.2, 0) is 11.3 Å². The highest BCUT2D eigenvalue weighted by molar-refractivity contribution is 5.77. The van der Waals surface area contributed by atoms with E-state index < -0.39 is 0 Å². The van der Waals surface area contributed by atoms with Gasteiger partial charge in [-0.15, -0.1) is 0 Å². The first-order valence-corrected chi connectivity index (χ1v) is 6.22. The third kappa shape index (κ3) is 3.20. The summed E-state index contributed by atoms with van der Waals surface area (Å²) in [5, 5.41) is 5.68. The van der Waals surface area contributed by atoms with Crippen molar-refractivity contribution >= 4 is 5.91 Å². The molecule has 0 spiro atoms. The molecule has 0 aliphatic rings. The number of amides is 1. The van der Waals surface area contributed by atoms with E-state index in [0.717, 1.165) is 17.2 Å². The molecular formula is C14H18N4O. The summed E-state index contributed by atoms with van der Waals surface area (Å²) in [7, 11) is 1.63. The van der Waals surface area contributed by atoms with E-state index in [9.17, 15) is 4.79 Å².